The van der Waals surface area contributed by atoms with Crippen molar-refractivity contribution in [2.75, 3.05) is 5.32 Å². The normalized spacial score (nSPS) is 16.0. The zero-order valence-corrected chi connectivity index (χ0v) is 14.4. The third-order valence-electron chi connectivity index (χ3n) is 5.02. The second-order valence-electron chi connectivity index (χ2n) is 6.67. The molecule has 0 fully saturated rings. The Hall–Kier alpha value is -3.66. The van der Waals surface area contributed by atoms with Gasteiger partial charge in [0.1, 0.15) is 11.5 Å². The van der Waals surface area contributed by atoms with Crippen molar-refractivity contribution in [3.05, 3.63) is 59.7 Å². The van der Waals surface area contributed by atoms with Crippen molar-refractivity contribution >= 4 is 16.7 Å². The van der Waals surface area contributed by atoms with Gasteiger partial charge in [-0.15, -0.1) is 0 Å². The number of fused-ring (bicyclic) bond motifs is 2. The van der Waals surface area contributed by atoms with Gasteiger partial charge in [0.2, 0.25) is 0 Å². The van der Waals surface area contributed by atoms with E-state index in [4.69, 9.17) is 9.68 Å². The quantitative estimate of drug-likeness (QED) is 0.575. The summed E-state index contributed by atoms with van der Waals surface area (Å²) in [6.45, 7) is 0. The van der Waals surface area contributed by atoms with Crippen molar-refractivity contribution < 1.29 is 4.42 Å². The van der Waals surface area contributed by atoms with E-state index >= 15 is 0 Å². The first-order valence-corrected chi connectivity index (χ1v) is 8.84. The van der Waals surface area contributed by atoms with Gasteiger partial charge < -0.3 is 9.73 Å². The van der Waals surface area contributed by atoms with Gasteiger partial charge in [-0.2, -0.15) is 10.4 Å². The van der Waals surface area contributed by atoms with Gasteiger partial charge >= 0.3 is 0 Å². The van der Waals surface area contributed by atoms with E-state index in [1.165, 1.54) is 17.5 Å². The average molecular weight is 356 g/mol. The van der Waals surface area contributed by atoms with Gasteiger partial charge in [-0.1, -0.05) is 6.07 Å². The number of hydrogen-bond donors (Lipinski definition) is 2. The Morgan fingerprint density at radius 3 is 3.07 bits per heavy atom. The Labute approximate surface area is 155 Å². The van der Waals surface area contributed by atoms with E-state index in [0.29, 0.717) is 11.3 Å². The van der Waals surface area contributed by atoms with Crippen molar-refractivity contribution in [3.63, 3.8) is 0 Å². The maximum absolute atomic E-state index is 9.13. The Balaban J connectivity index is 1.49. The largest absolute Gasteiger partial charge is 0.442 e. The summed E-state index contributed by atoms with van der Waals surface area (Å²) in [5.74, 6) is 1.40. The highest BCUT2D eigenvalue weighted by Gasteiger charge is 2.21. The number of pyridine rings is 1. The molecule has 2 N–H and O–H groups in total. The molecule has 0 unspecified atom stereocenters. The maximum atomic E-state index is 9.13. The van der Waals surface area contributed by atoms with Crippen molar-refractivity contribution in [2.24, 2.45) is 0 Å². The summed E-state index contributed by atoms with van der Waals surface area (Å²) in [4.78, 5) is 8.49. The molecule has 27 heavy (non-hydrogen) atoms. The molecular formula is C20H16N6O. The van der Waals surface area contributed by atoms with Crippen LogP contribution in [0.1, 0.15) is 35.6 Å². The highest BCUT2D eigenvalue weighted by Crippen LogP contribution is 2.34. The van der Waals surface area contributed by atoms with Gasteiger partial charge in [-0.05, 0) is 48.6 Å². The van der Waals surface area contributed by atoms with Gasteiger partial charge in [0, 0.05) is 5.39 Å². The number of aromatic amines is 1. The van der Waals surface area contributed by atoms with Crippen LogP contribution in [0.2, 0.25) is 0 Å². The summed E-state index contributed by atoms with van der Waals surface area (Å²) < 4.78 is 5.38. The fourth-order valence-electron chi connectivity index (χ4n) is 3.73. The van der Waals surface area contributed by atoms with E-state index in [1.807, 2.05) is 18.2 Å². The minimum atomic E-state index is 0.173. The molecule has 0 saturated heterocycles. The molecule has 1 atom stereocenters. The Morgan fingerprint density at radius 1 is 1.26 bits per heavy atom. The molecule has 7 nitrogen and oxygen atoms in total. The van der Waals surface area contributed by atoms with Crippen molar-refractivity contribution in [3.8, 4) is 17.5 Å². The van der Waals surface area contributed by atoms with E-state index in [2.05, 4.69) is 37.6 Å². The number of aryl methyl sites for hydroxylation is 1. The minimum Gasteiger partial charge on any atom is -0.442 e. The molecule has 7 heteroatoms. The van der Waals surface area contributed by atoms with Crippen molar-refractivity contribution in [1.82, 2.24) is 20.2 Å². The first kappa shape index (κ1) is 15.6. The third-order valence-corrected chi connectivity index (χ3v) is 5.02. The fraction of sp³-hybridized carbons (Fsp3) is 0.200. The molecule has 0 aliphatic heterocycles. The van der Waals surface area contributed by atoms with Crippen LogP contribution in [0.3, 0.4) is 0 Å². The summed E-state index contributed by atoms with van der Waals surface area (Å²) in [6.07, 6.45) is 7.92. The van der Waals surface area contributed by atoms with Crippen LogP contribution in [-0.2, 0) is 6.42 Å². The first-order valence-electron chi connectivity index (χ1n) is 8.84. The lowest BCUT2D eigenvalue weighted by atomic mass is 9.86. The van der Waals surface area contributed by atoms with Gasteiger partial charge in [0.15, 0.2) is 12.2 Å². The molecule has 0 bridgehead atoms. The molecule has 5 rings (SSSR count). The van der Waals surface area contributed by atoms with E-state index in [-0.39, 0.29) is 6.04 Å². The van der Waals surface area contributed by atoms with Crippen LogP contribution < -0.4 is 5.32 Å². The molecule has 0 radical (unpaired) electrons. The van der Waals surface area contributed by atoms with Crippen LogP contribution in [0.5, 0.6) is 0 Å². The van der Waals surface area contributed by atoms with E-state index in [0.717, 1.165) is 41.7 Å². The van der Waals surface area contributed by atoms with E-state index < -0.39 is 0 Å². The Kier molecular flexibility index (Phi) is 3.61. The number of benzene rings is 1. The number of anilines is 1. The summed E-state index contributed by atoms with van der Waals surface area (Å²) in [6, 6.07) is 10.3. The smallest absolute Gasteiger partial charge is 0.181 e. The topological polar surface area (TPSA) is 103 Å². The number of rotatable bonds is 3. The van der Waals surface area contributed by atoms with Gasteiger partial charge in [-0.25, -0.2) is 9.97 Å². The zero-order chi connectivity index (χ0) is 18.2. The molecule has 0 saturated carbocycles. The second-order valence-corrected chi connectivity index (χ2v) is 6.67. The van der Waals surface area contributed by atoms with Crippen molar-refractivity contribution in [2.45, 2.75) is 25.3 Å². The predicted molar refractivity (Wildman–Crippen MR) is 99.8 cm³/mol. The Morgan fingerprint density at radius 2 is 2.22 bits per heavy atom. The minimum absolute atomic E-state index is 0.173. The highest BCUT2D eigenvalue weighted by atomic mass is 16.3. The number of nitriles is 1. The molecule has 1 aromatic carbocycles. The van der Waals surface area contributed by atoms with Crippen LogP contribution in [0.15, 0.2) is 47.5 Å². The van der Waals surface area contributed by atoms with Crippen LogP contribution in [0.25, 0.3) is 22.4 Å². The van der Waals surface area contributed by atoms with E-state index in [1.54, 1.807) is 12.4 Å². The van der Waals surface area contributed by atoms with Gasteiger partial charge in [0.05, 0.1) is 35.6 Å². The van der Waals surface area contributed by atoms with Crippen LogP contribution in [0.4, 0.5) is 5.82 Å². The number of oxazole rings is 1. The molecule has 3 aromatic heterocycles. The lowest BCUT2D eigenvalue weighted by Gasteiger charge is -2.27. The number of hydrogen-bond acceptors (Lipinski definition) is 6. The third kappa shape index (κ3) is 2.72. The second kappa shape index (κ2) is 6.25. The van der Waals surface area contributed by atoms with Crippen molar-refractivity contribution in [1.29, 1.82) is 5.26 Å². The molecule has 0 amide bonds. The monoisotopic (exact) mass is 356 g/mol. The molecule has 1 aliphatic rings. The lowest BCUT2D eigenvalue weighted by Crippen LogP contribution is -2.18. The van der Waals surface area contributed by atoms with Gasteiger partial charge in [-0.3, -0.25) is 5.10 Å². The molecule has 3 heterocycles. The number of H-pyrrole nitrogens is 1. The van der Waals surface area contributed by atoms with Crippen LogP contribution in [-0.4, -0.2) is 20.2 Å². The summed E-state index contributed by atoms with van der Waals surface area (Å²) in [5, 5.41) is 20.9. The fourth-order valence-corrected chi connectivity index (χ4v) is 3.73. The molecule has 0 spiro atoms. The van der Waals surface area contributed by atoms with Crippen LogP contribution in [0, 0.1) is 11.3 Å². The van der Waals surface area contributed by atoms with E-state index in [9.17, 15) is 0 Å². The standard InChI is InChI=1S/C20H16N6O/c21-8-12-4-5-14-13(6-12)2-1-3-16(14)24-19-7-15-17(9-23-19)25-26-20(15)18-10-22-11-27-18/h4-7,9-11,16H,1-3H2,(H,23,24)(H,25,26)/t16-/m0/s1. The predicted octanol–water partition coefficient (Wildman–Crippen LogP) is 3.97. The average Bonchev–Trinajstić information content (AvgIpc) is 3.37. The summed E-state index contributed by atoms with van der Waals surface area (Å²) in [5.41, 5.74) is 4.75. The lowest BCUT2D eigenvalue weighted by molar-refractivity contribution is 0.570. The SMILES string of the molecule is N#Cc1ccc2c(c1)CCC[C@@H]2Nc1cc2c(-c3cnco3)n[nH]c2cn1. The highest BCUT2D eigenvalue weighted by molar-refractivity contribution is 5.92. The van der Waals surface area contributed by atoms with Gasteiger partial charge in [0.25, 0.3) is 0 Å². The molecule has 132 valence electrons. The molecule has 4 aromatic rings. The number of nitrogens with zero attached hydrogens (tertiary/aromatic N) is 4. The zero-order valence-electron chi connectivity index (χ0n) is 14.4. The summed E-state index contributed by atoms with van der Waals surface area (Å²) in [7, 11) is 0. The maximum Gasteiger partial charge on any atom is 0.181 e. The molecule has 1 aliphatic carbocycles. The first-order chi connectivity index (χ1) is 13.3. The number of aromatic nitrogens is 4. The van der Waals surface area contributed by atoms with Crippen LogP contribution >= 0.6 is 0 Å². The summed E-state index contributed by atoms with van der Waals surface area (Å²) >= 11 is 0. The number of nitrogens with one attached hydrogen (secondary N) is 2. The molecular weight excluding hydrogens is 340 g/mol. The Bertz CT molecular complexity index is 1160.